The van der Waals surface area contributed by atoms with Crippen LogP contribution in [0, 0.1) is 0 Å². The summed E-state index contributed by atoms with van der Waals surface area (Å²) in [6.07, 6.45) is -0.0950. The average molecular weight is 454 g/mol. The zero-order valence-corrected chi connectivity index (χ0v) is 19.3. The number of rotatable bonds is 10. The van der Waals surface area contributed by atoms with E-state index >= 15 is 0 Å². The topological polar surface area (TPSA) is 99.2 Å². The van der Waals surface area contributed by atoms with Crippen molar-refractivity contribution in [2.75, 3.05) is 40.3 Å². The first kappa shape index (κ1) is 24.3. The third-order valence-corrected chi connectivity index (χ3v) is 5.61. The zero-order valence-electron chi connectivity index (χ0n) is 19.3. The fourth-order valence-electron chi connectivity index (χ4n) is 4.25. The van der Waals surface area contributed by atoms with Gasteiger partial charge < -0.3 is 25.0 Å². The quantitative estimate of drug-likeness (QED) is 0.574. The predicted molar refractivity (Wildman–Crippen MR) is 125 cm³/mol. The molecule has 0 radical (unpaired) electrons. The molecule has 0 heterocycles. The number of fused-ring (bicyclic) bond motifs is 3. The van der Waals surface area contributed by atoms with Gasteiger partial charge in [-0.25, -0.2) is 4.79 Å². The van der Waals surface area contributed by atoms with Gasteiger partial charge in [0.1, 0.15) is 19.2 Å². The molecule has 3 rings (SSSR count). The Kier molecular flexibility index (Phi) is 8.06. The first-order valence-corrected chi connectivity index (χ1v) is 11.1. The van der Waals surface area contributed by atoms with Crippen LogP contribution in [-0.2, 0) is 14.3 Å². The van der Waals surface area contributed by atoms with Gasteiger partial charge in [0.15, 0.2) is 0 Å². The number of ether oxygens (including phenoxy) is 1. The number of carbonyl (C=O) groups excluding carboxylic acids is 2. The van der Waals surface area contributed by atoms with Crippen molar-refractivity contribution in [2.24, 2.45) is 0 Å². The smallest absolute Gasteiger partial charge is 0.407 e. The molecule has 33 heavy (non-hydrogen) atoms. The van der Waals surface area contributed by atoms with Gasteiger partial charge in [0.05, 0.1) is 0 Å². The normalized spacial score (nSPS) is 13.2. The third kappa shape index (κ3) is 5.90. The molecule has 1 aliphatic carbocycles. The standard InChI is InChI=1S/C25H31N3O5/c1-4-13-28(15-23(29)30)24(31)22(14-27(2)3)26-25(32)33-16-21-19-11-7-5-9-17(19)18-10-6-8-12-20(18)21/h5-12,21-22H,4,13-16H2,1-3H3,(H,26,32)(H,29,30). The van der Waals surface area contributed by atoms with Crippen molar-refractivity contribution >= 4 is 18.0 Å². The second kappa shape index (κ2) is 11.0. The lowest BCUT2D eigenvalue weighted by Crippen LogP contribution is -2.54. The summed E-state index contributed by atoms with van der Waals surface area (Å²) in [6.45, 7) is 2.10. The Labute approximate surface area is 194 Å². The van der Waals surface area contributed by atoms with Crippen LogP contribution in [-0.4, -0.2) is 79.3 Å². The number of nitrogens with one attached hydrogen (secondary N) is 1. The van der Waals surface area contributed by atoms with Crippen molar-refractivity contribution < 1.29 is 24.2 Å². The molecule has 0 spiro atoms. The highest BCUT2D eigenvalue weighted by atomic mass is 16.5. The highest BCUT2D eigenvalue weighted by molar-refractivity contribution is 5.88. The fraction of sp³-hybridized carbons (Fsp3) is 0.400. The second-order valence-electron chi connectivity index (χ2n) is 8.44. The molecule has 2 aromatic carbocycles. The highest BCUT2D eigenvalue weighted by Gasteiger charge is 2.31. The van der Waals surface area contributed by atoms with Crippen LogP contribution in [0.1, 0.15) is 30.4 Å². The lowest BCUT2D eigenvalue weighted by Gasteiger charge is -2.28. The number of hydrogen-bond acceptors (Lipinski definition) is 5. The van der Waals surface area contributed by atoms with Crippen LogP contribution < -0.4 is 5.32 Å². The van der Waals surface area contributed by atoms with E-state index < -0.39 is 30.6 Å². The van der Waals surface area contributed by atoms with Crippen LogP contribution in [0.4, 0.5) is 4.79 Å². The second-order valence-corrected chi connectivity index (χ2v) is 8.44. The summed E-state index contributed by atoms with van der Waals surface area (Å²) in [5.74, 6) is -1.63. The van der Waals surface area contributed by atoms with Crippen molar-refractivity contribution in [3.63, 3.8) is 0 Å². The number of carboxylic acids is 1. The third-order valence-electron chi connectivity index (χ3n) is 5.61. The van der Waals surface area contributed by atoms with E-state index in [9.17, 15) is 14.4 Å². The van der Waals surface area contributed by atoms with Gasteiger partial charge in [0, 0.05) is 19.0 Å². The highest BCUT2D eigenvalue weighted by Crippen LogP contribution is 2.44. The van der Waals surface area contributed by atoms with Crippen LogP contribution >= 0.6 is 0 Å². The van der Waals surface area contributed by atoms with Gasteiger partial charge in [-0.1, -0.05) is 55.5 Å². The van der Waals surface area contributed by atoms with Gasteiger partial charge in [-0.05, 0) is 42.8 Å². The minimum absolute atomic E-state index is 0.0882. The molecular formula is C25H31N3O5. The number of carboxylic acid groups (broad SMARTS) is 1. The van der Waals surface area contributed by atoms with Crippen LogP contribution in [0.3, 0.4) is 0 Å². The molecule has 1 aliphatic rings. The Balaban J connectivity index is 1.70. The first-order valence-electron chi connectivity index (χ1n) is 11.1. The number of amides is 2. The first-order chi connectivity index (χ1) is 15.8. The van der Waals surface area contributed by atoms with Gasteiger partial charge in [0.2, 0.25) is 5.91 Å². The molecular weight excluding hydrogens is 422 g/mol. The van der Waals surface area contributed by atoms with E-state index in [0.29, 0.717) is 13.0 Å². The van der Waals surface area contributed by atoms with Crippen molar-refractivity contribution in [3.05, 3.63) is 59.7 Å². The van der Waals surface area contributed by atoms with E-state index in [1.165, 1.54) is 4.90 Å². The number of aliphatic carboxylic acids is 1. The number of nitrogens with zero attached hydrogens (tertiary/aromatic N) is 2. The minimum atomic E-state index is -1.10. The monoisotopic (exact) mass is 453 g/mol. The van der Waals surface area contributed by atoms with Crippen LogP contribution in [0.25, 0.3) is 11.1 Å². The van der Waals surface area contributed by atoms with Gasteiger partial charge >= 0.3 is 12.1 Å². The van der Waals surface area contributed by atoms with Gasteiger partial charge in [-0.2, -0.15) is 0 Å². The molecule has 1 unspecified atom stereocenters. The molecule has 0 bridgehead atoms. The zero-order chi connectivity index (χ0) is 24.0. The molecule has 176 valence electrons. The van der Waals surface area contributed by atoms with Crippen LogP contribution in [0.15, 0.2) is 48.5 Å². The predicted octanol–water partition coefficient (Wildman–Crippen LogP) is 2.78. The number of likely N-dealkylation sites (N-methyl/N-ethyl adjacent to an activating group) is 1. The Bertz CT molecular complexity index is 962. The number of alkyl carbamates (subject to hydrolysis) is 1. The van der Waals surface area contributed by atoms with Crippen molar-refractivity contribution in [3.8, 4) is 11.1 Å². The largest absolute Gasteiger partial charge is 0.480 e. The lowest BCUT2D eigenvalue weighted by atomic mass is 9.98. The fourth-order valence-corrected chi connectivity index (χ4v) is 4.25. The molecule has 8 heteroatoms. The van der Waals surface area contributed by atoms with Gasteiger partial charge in [0.25, 0.3) is 0 Å². The molecule has 0 fully saturated rings. The van der Waals surface area contributed by atoms with Gasteiger partial charge in [-0.3, -0.25) is 9.59 Å². The van der Waals surface area contributed by atoms with E-state index in [0.717, 1.165) is 22.3 Å². The summed E-state index contributed by atoms with van der Waals surface area (Å²) >= 11 is 0. The molecule has 0 saturated heterocycles. The van der Waals surface area contributed by atoms with E-state index in [4.69, 9.17) is 9.84 Å². The van der Waals surface area contributed by atoms with Crippen LogP contribution in [0.5, 0.6) is 0 Å². The Hall–Kier alpha value is -3.39. The Morgan fingerprint density at radius 2 is 1.61 bits per heavy atom. The van der Waals surface area contributed by atoms with Crippen LogP contribution in [0.2, 0.25) is 0 Å². The average Bonchev–Trinajstić information content (AvgIpc) is 3.09. The maximum atomic E-state index is 13.0. The maximum Gasteiger partial charge on any atom is 0.407 e. The van der Waals surface area contributed by atoms with E-state index in [2.05, 4.69) is 17.4 Å². The summed E-state index contributed by atoms with van der Waals surface area (Å²) in [5.41, 5.74) is 4.46. The summed E-state index contributed by atoms with van der Waals surface area (Å²) < 4.78 is 5.57. The summed E-state index contributed by atoms with van der Waals surface area (Å²) in [6, 6.07) is 15.2. The van der Waals surface area contributed by atoms with E-state index in [1.54, 1.807) is 19.0 Å². The number of hydrogen-bond donors (Lipinski definition) is 2. The SMILES string of the molecule is CCCN(CC(=O)O)C(=O)C(CN(C)C)NC(=O)OCC1c2ccccc2-c2ccccc21. The molecule has 8 nitrogen and oxygen atoms in total. The maximum absolute atomic E-state index is 13.0. The minimum Gasteiger partial charge on any atom is -0.480 e. The molecule has 0 saturated carbocycles. The molecule has 0 aliphatic heterocycles. The Morgan fingerprint density at radius 1 is 1.03 bits per heavy atom. The molecule has 0 aromatic heterocycles. The molecule has 1 atom stereocenters. The van der Waals surface area contributed by atoms with E-state index in [-0.39, 0.29) is 19.1 Å². The number of benzene rings is 2. The van der Waals surface area contributed by atoms with Crippen molar-refractivity contribution in [1.29, 1.82) is 0 Å². The lowest BCUT2D eigenvalue weighted by molar-refractivity contribution is -0.145. The number of carbonyl (C=O) groups is 3. The van der Waals surface area contributed by atoms with E-state index in [1.807, 2.05) is 43.3 Å². The van der Waals surface area contributed by atoms with Crippen molar-refractivity contribution in [1.82, 2.24) is 15.1 Å². The van der Waals surface area contributed by atoms with Gasteiger partial charge in [-0.15, -0.1) is 0 Å². The summed E-state index contributed by atoms with van der Waals surface area (Å²) in [5, 5.41) is 11.8. The summed E-state index contributed by atoms with van der Waals surface area (Å²) in [7, 11) is 3.56. The Morgan fingerprint density at radius 3 is 2.12 bits per heavy atom. The molecule has 2 amide bonds. The summed E-state index contributed by atoms with van der Waals surface area (Å²) in [4.78, 5) is 39.9. The van der Waals surface area contributed by atoms with Crippen molar-refractivity contribution in [2.45, 2.75) is 25.3 Å². The molecule has 2 N–H and O–H groups in total. The molecule has 2 aromatic rings.